The van der Waals surface area contributed by atoms with Crippen LogP contribution in [0.3, 0.4) is 0 Å². The predicted octanol–water partition coefficient (Wildman–Crippen LogP) is 4.38. The Morgan fingerprint density at radius 1 is 1.28 bits per heavy atom. The molecule has 0 saturated carbocycles. The third-order valence-corrected chi connectivity index (χ3v) is 3.04. The summed E-state index contributed by atoms with van der Waals surface area (Å²) < 4.78 is 0.841. The molecule has 0 saturated heterocycles. The Bertz CT molecular complexity index is 383. The van der Waals surface area contributed by atoms with Gasteiger partial charge in [-0.25, -0.2) is 9.97 Å². The lowest BCUT2D eigenvalue weighted by Gasteiger charge is -2.18. The van der Waals surface area contributed by atoms with E-state index in [0.717, 1.165) is 28.7 Å². The van der Waals surface area contributed by atoms with Gasteiger partial charge in [0.25, 0.3) is 0 Å². The standard InChI is InChI=1S/C14H24BrN3/c1-10(2)7-6-8-16-12-9-11(15)17-13(18-12)14(3,4)5/h9-10H,6-8H2,1-5H3,(H,16,17,18). The molecule has 102 valence electrons. The third kappa shape index (κ3) is 5.34. The zero-order valence-electron chi connectivity index (χ0n) is 12.0. The molecule has 0 aromatic carbocycles. The summed E-state index contributed by atoms with van der Waals surface area (Å²) in [5.74, 6) is 2.53. The van der Waals surface area contributed by atoms with E-state index in [2.05, 4.69) is 65.8 Å². The van der Waals surface area contributed by atoms with Crippen LogP contribution in [0.2, 0.25) is 0 Å². The lowest BCUT2D eigenvalue weighted by Crippen LogP contribution is -2.17. The van der Waals surface area contributed by atoms with Gasteiger partial charge in [-0.2, -0.15) is 0 Å². The van der Waals surface area contributed by atoms with Gasteiger partial charge in [0.15, 0.2) is 0 Å². The first-order valence-corrected chi connectivity index (χ1v) is 7.37. The number of nitrogens with zero attached hydrogens (tertiary/aromatic N) is 2. The summed E-state index contributed by atoms with van der Waals surface area (Å²) in [6.07, 6.45) is 2.41. The van der Waals surface area contributed by atoms with Crippen molar-refractivity contribution < 1.29 is 0 Å². The van der Waals surface area contributed by atoms with Crippen molar-refractivity contribution in [3.8, 4) is 0 Å². The molecule has 0 fully saturated rings. The van der Waals surface area contributed by atoms with Gasteiger partial charge in [-0.1, -0.05) is 34.6 Å². The predicted molar refractivity (Wildman–Crippen MR) is 81.0 cm³/mol. The maximum atomic E-state index is 4.57. The smallest absolute Gasteiger partial charge is 0.137 e. The van der Waals surface area contributed by atoms with E-state index >= 15 is 0 Å². The van der Waals surface area contributed by atoms with Crippen molar-refractivity contribution in [3.05, 3.63) is 16.5 Å². The van der Waals surface area contributed by atoms with Gasteiger partial charge in [0.1, 0.15) is 16.2 Å². The minimum absolute atomic E-state index is 0.0296. The highest BCUT2D eigenvalue weighted by molar-refractivity contribution is 9.10. The maximum Gasteiger partial charge on any atom is 0.137 e. The second-order valence-corrected chi connectivity index (χ2v) is 6.92. The van der Waals surface area contributed by atoms with Gasteiger partial charge < -0.3 is 5.32 Å². The molecule has 0 spiro atoms. The molecular weight excluding hydrogens is 290 g/mol. The fourth-order valence-corrected chi connectivity index (χ4v) is 1.96. The minimum Gasteiger partial charge on any atom is -0.370 e. The van der Waals surface area contributed by atoms with Gasteiger partial charge in [0, 0.05) is 18.0 Å². The summed E-state index contributed by atoms with van der Waals surface area (Å²) in [4.78, 5) is 9.00. The SMILES string of the molecule is CC(C)CCCNc1cc(Br)nc(C(C)(C)C)n1. The molecule has 0 aliphatic carbocycles. The van der Waals surface area contributed by atoms with Crippen LogP contribution < -0.4 is 5.32 Å². The van der Waals surface area contributed by atoms with Gasteiger partial charge in [-0.15, -0.1) is 0 Å². The highest BCUT2D eigenvalue weighted by Gasteiger charge is 2.18. The molecule has 0 radical (unpaired) electrons. The summed E-state index contributed by atoms with van der Waals surface area (Å²) in [5.41, 5.74) is -0.0296. The first kappa shape index (κ1) is 15.4. The second-order valence-electron chi connectivity index (χ2n) is 6.11. The maximum absolute atomic E-state index is 4.57. The van der Waals surface area contributed by atoms with Crippen molar-refractivity contribution in [1.82, 2.24) is 9.97 Å². The Morgan fingerprint density at radius 2 is 1.94 bits per heavy atom. The van der Waals surface area contributed by atoms with E-state index in [4.69, 9.17) is 0 Å². The van der Waals surface area contributed by atoms with Crippen LogP contribution in [-0.4, -0.2) is 16.5 Å². The number of halogens is 1. The monoisotopic (exact) mass is 313 g/mol. The lowest BCUT2D eigenvalue weighted by molar-refractivity contribution is 0.543. The van der Waals surface area contributed by atoms with Gasteiger partial charge >= 0.3 is 0 Å². The quantitative estimate of drug-likeness (QED) is 0.647. The molecule has 0 aliphatic rings. The molecule has 0 bridgehead atoms. The van der Waals surface area contributed by atoms with Crippen LogP contribution in [0.1, 0.15) is 53.3 Å². The Balaban J connectivity index is 2.63. The molecule has 1 aromatic heterocycles. The minimum atomic E-state index is -0.0296. The Kier molecular flexibility index (Phi) is 5.57. The van der Waals surface area contributed by atoms with Gasteiger partial charge in [-0.05, 0) is 34.7 Å². The molecular formula is C14H24BrN3. The lowest BCUT2D eigenvalue weighted by atomic mass is 9.96. The molecule has 1 rings (SSSR count). The zero-order chi connectivity index (χ0) is 13.8. The Morgan fingerprint density at radius 3 is 2.50 bits per heavy atom. The first-order valence-electron chi connectivity index (χ1n) is 6.58. The molecule has 0 atom stereocenters. The van der Waals surface area contributed by atoms with E-state index in [0.29, 0.717) is 0 Å². The van der Waals surface area contributed by atoms with Crippen molar-refractivity contribution in [2.45, 2.75) is 52.9 Å². The average molecular weight is 314 g/mol. The number of aromatic nitrogens is 2. The molecule has 1 N–H and O–H groups in total. The van der Waals surface area contributed by atoms with Gasteiger partial charge in [0.05, 0.1) is 0 Å². The van der Waals surface area contributed by atoms with E-state index in [9.17, 15) is 0 Å². The van der Waals surface area contributed by atoms with E-state index in [1.807, 2.05) is 6.07 Å². The molecule has 0 aliphatic heterocycles. The van der Waals surface area contributed by atoms with Crippen LogP contribution in [0.15, 0.2) is 10.7 Å². The van der Waals surface area contributed by atoms with Crippen molar-refractivity contribution in [2.75, 3.05) is 11.9 Å². The molecule has 1 heterocycles. The van der Waals surface area contributed by atoms with E-state index in [1.165, 1.54) is 12.8 Å². The highest BCUT2D eigenvalue weighted by atomic mass is 79.9. The van der Waals surface area contributed by atoms with Crippen LogP contribution in [-0.2, 0) is 5.41 Å². The summed E-state index contributed by atoms with van der Waals surface area (Å²) in [6, 6.07) is 1.94. The van der Waals surface area contributed by atoms with E-state index < -0.39 is 0 Å². The van der Waals surface area contributed by atoms with Crippen LogP contribution in [0.5, 0.6) is 0 Å². The Hall–Kier alpha value is -0.640. The molecule has 0 amide bonds. The van der Waals surface area contributed by atoms with E-state index in [-0.39, 0.29) is 5.41 Å². The Labute approximate surface area is 119 Å². The summed E-state index contributed by atoms with van der Waals surface area (Å²) >= 11 is 3.45. The van der Waals surface area contributed by atoms with Crippen LogP contribution in [0, 0.1) is 5.92 Å². The number of hydrogen-bond donors (Lipinski definition) is 1. The molecule has 18 heavy (non-hydrogen) atoms. The van der Waals surface area contributed by atoms with Crippen molar-refractivity contribution in [2.24, 2.45) is 5.92 Å². The first-order chi connectivity index (χ1) is 8.29. The van der Waals surface area contributed by atoms with Crippen LogP contribution >= 0.6 is 15.9 Å². The fourth-order valence-electron chi connectivity index (χ4n) is 1.57. The van der Waals surface area contributed by atoms with Crippen molar-refractivity contribution >= 4 is 21.7 Å². The molecule has 4 heteroatoms. The number of nitrogens with one attached hydrogen (secondary N) is 1. The number of hydrogen-bond acceptors (Lipinski definition) is 3. The van der Waals surface area contributed by atoms with Crippen LogP contribution in [0.25, 0.3) is 0 Å². The van der Waals surface area contributed by atoms with Crippen molar-refractivity contribution in [1.29, 1.82) is 0 Å². The molecule has 1 aromatic rings. The second kappa shape index (κ2) is 6.50. The molecule has 0 unspecified atom stereocenters. The number of rotatable bonds is 5. The largest absolute Gasteiger partial charge is 0.370 e. The topological polar surface area (TPSA) is 37.8 Å². The van der Waals surface area contributed by atoms with Crippen molar-refractivity contribution in [3.63, 3.8) is 0 Å². The zero-order valence-corrected chi connectivity index (χ0v) is 13.6. The normalized spacial score (nSPS) is 11.9. The third-order valence-electron chi connectivity index (χ3n) is 2.63. The van der Waals surface area contributed by atoms with Gasteiger partial charge in [0.2, 0.25) is 0 Å². The van der Waals surface area contributed by atoms with Crippen LogP contribution in [0.4, 0.5) is 5.82 Å². The van der Waals surface area contributed by atoms with Gasteiger partial charge in [-0.3, -0.25) is 0 Å². The van der Waals surface area contributed by atoms with E-state index in [1.54, 1.807) is 0 Å². The fraction of sp³-hybridized carbons (Fsp3) is 0.714. The number of anilines is 1. The summed E-state index contributed by atoms with van der Waals surface area (Å²) in [6.45, 7) is 11.8. The summed E-state index contributed by atoms with van der Waals surface area (Å²) in [5, 5.41) is 3.37. The average Bonchev–Trinajstić information content (AvgIpc) is 2.22. The molecule has 3 nitrogen and oxygen atoms in total. The highest BCUT2D eigenvalue weighted by Crippen LogP contribution is 2.22. The summed E-state index contributed by atoms with van der Waals surface area (Å²) in [7, 11) is 0.